The van der Waals surface area contributed by atoms with E-state index in [4.69, 9.17) is 0 Å². The highest BCUT2D eigenvalue weighted by Gasteiger charge is 2.39. The summed E-state index contributed by atoms with van der Waals surface area (Å²) in [5.74, 6) is 0.0645. The molecule has 1 heterocycles. The lowest BCUT2D eigenvalue weighted by Gasteiger charge is -2.41. The molecule has 2 aliphatic carbocycles. The highest BCUT2D eigenvalue weighted by atomic mass is 32.2. The van der Waals surface area contributed by atoms with Crippen LogP contribution in [0.5, 0.6) is 5.88 Å². The Kier molecular flexibility index (Phi) is 3.56. The van der Waals surface area contributed by atoms with Crippen LogP contribution in [0.25, 0.3) is 0 Å². The van der Waals surface area contributed by atoms with Gasteiger partial charge >= 0.3 is 0 Å². The third-order valence-corrected chi connectivity index (χ3v) is 5.92. The third kappa shape index (κ3) is 2.51. The quantitative estimate of drug-likeness (QED) is 0.639. The van der Waals surface area contributed by atoms with Crippen LogP contribution < -0.4 is 0 Å². The second-order valence-corrected chi connectivity index (χ2v) is 7.46. The molecular weight excluding hydrogens is 311 g/mol. The number of aromatic hydroxyl groups is 1. The highest BCUT2D eigenvalue weighted by molar-refractivity contribution is 7.98. The van der Waals surface area contributed by atoms with Crippen LogP contribution >= 0.6 is 11.8 Å². The van der Waals surface area contributed by atoms with Crippen molar-refractivity contribution < 1.29 is 9.50 Å². The van der Waals surface area contributed by atoms with Crippen LogP contribution in [-0.2, 0) is 25.7 Å². The second-order valence-electron chi connectivity index (χ2n) is 6.69. The normalized spacial score (nSPS) is 22.7. The van der Waals surface area contributed by atoms with Crippen molar-refractivity contribution in [2.75, 3.05) is 6.26 Å². The SMILES string of the molecule is CSc1nc(O)c2c(n1)C[C@@]1(CCc3c(F)cccc3C1)CC2. The Bertz CT molecular complexity index is 780. The molecule has 1 atom stereocenters. The topological polar surface area (TPSA) is 46.0 Å². The molecule has 0 amide bonds. The molecule has 1 aromatic carbocycles. The Labute approximate surface area is 139 Å². The van der Waals surface area contributed by atoms with E-state index in [1.165, 1.54) is 11.8 Å². The van der Waals surface area contributed by atoms with E-state index in [1.807, 2.05) is 12.3 Å². The lowest BCUT2D eigenvalue weighted by molar-refractivity contribution is 0.202. The molecule has 2 aromatic rings. The van der Waals surface area contributed by atoms with E-state index in [9.17, 15) is 9.50 Å². The standard InChI is InChI=1S/C18H19FN2OS/c1-23-17-20-15-10-18(8-6-13(15)16(22)21-17)7-5-12-11(9-18)3-2-4-14(12)19/h2-4H,5-10H2,1H3,(H,20,21,22)/t18-/m0/s1. The fourth-order valence-corrected chi connectivity index (χ4v) is 4.50. The number of benzene rings is 1. The van der Waals surface area contributed by atoms with Crippen molar-refractivity contribution in [1.29, 1.82) is 0 Å². The van der Waals surface area contributed by atoms with Crippen molar-refractivity contribution in [3.8, 4) is 5.88 Å². The number of hydrogen-bond acceptors (Lipinski definition) is 4. The van der Waals surface area contributed by atoms with Crippen molar-refractivity contribution in [1.82, 2.24) is 9.97 Å². The smallest absolute Gasteiger partial charge is 0.218 e. The second kappa shape index (κ2) is 5.48. The molecule has 3 nitrogen and oxygen atoms in total. The average molecular weight is 330 g/mol. The maximum atomic E-state index is 14.0. The minimum absolute atomic E-state index is 0.0711. The Balaban J connectivity index is 1.69. The van der Waals surface area contributed by atoms with Gasteiger partial charge in [-0.25, -0.2) is 9.37 Å². The van der Waals surface area contributed by atoms with Crippen molar-refractivity contribution in [3.63, 3.8) is 0 Å². The van der Waals surface area contributed by atoms with Crippen molar-refractivity contribution in [2.24, 2.45) is 5.41 Å². The third-order valence-electron chi connectivity index (χ3n) is 5.37. The van der Waals surface area contributed by atoms with Gasteiger partial charge < -0.3 is 5.11 Å². The lowest BCUT2D eigenvalue weighted by Crippen LogP contribution is -2.36. The highest BCUT2D eigenvalue weighted by Crippen LogP contribution is 2.46. The molecule has 120 valence electrons. The summed E-state index contributed by atoms with van der Waals surface area (Å²) in [6, 6.07) is 5.42. The predicted molar refractivity (Wildman–Crippen MR) is 88.4 cm³/mol. The van der Waals surface area contributed by atoms with Crippen LogP contribution in [0.2, 0.25) is 0 Å². The molecular formula is C18H19FN2OS. The van der Waals surface area contributed by atoms with Gasteiger partial charge in [-0.2, -0.15) is 4.98 Å². The van der Waals surface area contributed by atoms with Crippen LogP contribution in [0.15, 0.2) is 23.4 Å². The number of rotatable bonds is 1. The maximum absolute atomic E-state index is 14.0. The molecule has 0 bridgehead atoms. The number of halogens is 1. The molecule has 0 saturated carbocycles. The Hall–Kier alpha value is -1.62. The van der Waals surface area contributed by atoms with Gasteiger partial charge in [0.1, 0.15) is 5.82 Å². The van der Waals surface area contributed by atoms with Gasteiger partial charge in [0, 0.05) is 5.56 Å². The fourth-order valence-electron chi connectivity index (χ4n) is 4.12. The summed E-state index contributed by atoms with van der Waals surface area (Å²) in [6.07, 6.45) is 7.26. The Morgan fingerprint density at radius 3 is 2.70 bits per heavy atom. The van der Waals surface area contributed by atoms with Crippen molar-refractivity contribution in [2.45, 2.75) is 43.7 Å². The van der Waals surface area contributed by atoms with Crippen LogP contribution in [0, 0.1) is 11.2 Å². The van der Waals surface area contributed by atoms with Gasteiger partial charge in [0.25, 0.3) is 0 Å². The van der Waals surface area contributed by atoms with Gasteiger partial charge in [0.15, 0.2) is 5.16 Å². The van der Waals surface area contributed by atoms with E-state index in [0.717, 1.165) is 60.9 Å². The minimum Gasteiger partial charge on any atom is -0.493 e. The fraction of sp³-hybridized carbons (Fsp3) is 0.444. The van der Waals surface area contributed by atoms with Crippen LogP contribution in [0.4, 0.5) is 4.39 Å². The summed E-state index contributed by atoms with van der Waals surface area (Å²) in [5, 5.41) is 10.8. The molecule has 0 saturated heterocycles. The molecule has 0 fully saturated rings. The number of thioether (sulfide) groups is 1. The van der Waals surface area contributed by atoms with Gasteiger partial charge in [-0.1, -0.05) is 23.9 Å². The van der Waals surface area contributed by atoms with Gasteiger partial charge in [-0.05, 0) is 67.4 Å². The molecule has 4 rings (SSSR count). The average Bonchev–Trinajstić information content (AvgIpc) is 2.54. The van der Waals surface area contributed by atoms with E-state index in [2.05, 4.69) is 16.0 Å². The summed E-state index contributed by atoms with van der Waals surface area (Å²) in [5.41, 5.74) is 4.05. The minimum atomic E-state index is -0.0711. The van der Waals surface area contributed by atoms with Gasteiger partial charge in [0.2, 0.25) is 5.88 Å². The zero-order valence-corrected chi connectivity index (χ0v) is 13.9. The first kappa shape index (κ1) is 14.9. The van der Waals surface area contributed by atoms with Gasteiger partial charge in [0.05, 0.1) is 5.69 Å². The van der Waals surface area contributed by atoms with Crippen LogP contribution in [0.1, 0.15) is 35.2 Å². The van der Waals surface area contributed by atoms with E-state index in [0.29, 0.717) is 5.16 Å². The molecule has 0 unspecified atom stereocenters. The van der Waals surface area contributed by atoms with E-state index in [-0.39, 0.29) is 17.1 Å². The molecule has 1 spiro atoms. The first-order valence-electron chi connectivity index (χ1n) is 7.99. The van der Waals surface area contributed by atoms with Crippen LogP contribution in [0.3, 0.4) is 0 Å². The van der Waals surface area contributed by atoms with Gasteiger partial charge in [-0.15, -0.1) is 0 Å². The molecule has 2 aliphatic rings. The summed E-state index contributed by atoms with van der Waals surface area (Å²) in [7, 11) is 0. The van der Waals surface area contributed by atoms with Crippen molar-refractivity contribution >= 4 is 11.8 Å². The largest absolute Gasteiger partial charge is 0.493 e. The summed E-state index contributed by atoms with van der Waals surface area (Å²) >= 11 is 1.45. The maximum Gasteiger partial charge on any atom is 0.218 e. The first-order valence-corrected chi connectivity index (χ1v) is 9.22. The summed E-state index contributed by atoms with van der Waals surface area (Å²) < 4.78 is 14.0. The molecule has 23 heavy (non-hydrogen) atoms. The molecule has 1 N–H and O–H groups in total. The number of nitrogens with zero attached hydrogens (tertiary/aromatic N) is 2. The summed E-state index contributed by atoms with van der Waals surface area (Å²) in [6.45, 7) is 0. The Morgan fingerprint density at radius 2 is 1.91 bits per heavy atom. The zero-order chi connectivity index (χ0) is 16.0. The summed E-state index contributed by atoms with van der Waals surface area (Å²) in [4.78, 5) is 8.78. The predicted octanol–water partition coefficient (Wildman–Crippen LogP) is 3.71. The number of hydrogen-bond donors (Lipinski definition) is 1. The monoisotopic (exact) mass is 330 g/mol. The number of aromatic nitrogens is 2. The molecule has 0 aliphatic heterocycles. The lowest BCUT2D eigenvalue weighted by atomic mass is 9.63. The number of fused-ring (bicyclic) bond motifs is 2. The Morgan fingerprint density at radius 1 is 1.13 bits per heavy atom. The van der Waals surface area contributed by atoms with Crippen molar-refractivity contribution in [3.05, 3.63) is 46.4 Å². The molecule has 1 aromatic heterocycles. The molecule has 5 heteroatoms. The van der Waals surface area contributed by atoms with E-state index >= 15 is 0 Å². The van der Waals surface area contributed by atoms with E-state index < -0.39 is 0 Å². The molecule has 0 radical (unpaired) electrons. The zero-order valence-electron chi connectivity index (χ0n) is 13.1. The van der Waals surface area contributed by atoms with Gasteiger partial charge in [-0.3, -0.25) is 0 Å². The first-order chi connectivity index (χ1) is 11.1. The van der Waals surface area contributed by atoms with Crippen LogP contribution in [-0.4, -0.2) is 21.3 Å². The van der Waals surface area contributed by atoms with E-state index in [1.54, 1.807) is 6.07 Å².